The molecule has 0 saturated carbocycles. The second-order valence-corrected chi connectivity index (χ2v) is 4.22. The van der Waals surface area contributed by atoms with Crippen molar-refractivity contribution in [3.8, 4) is 0 Å². The summed E-state index contributed by atoms with van der Waals surface area (Å²) >= 11 is 1.52. The van der Waals surface area contributed by atoms with E-state index in [0.29, 0.717) is 0 Å². The molecule has 4 unspecified atom stereocenters. The van der Waals surface area contributed by atoms with Gasteiger partial charge in [-0.1, -0.05) is 24.3 Å². The van der Waals surface area contributed by atoms with Gasteiger partial charge in [-0.2, -0.15) is 0 Å². The Kier molecular flexibility index (Phi) is 1.77. The molecule has 1 aliphatic carbocycles. The van der Waals surface area contributed by atoms with Crippen LogP contribution < -0.4 is 5.73 Å². The van der Waals surface area contributed by atoms with Crippen molar-refractivity contribution in [1.82, 2.24) is 0 Å². The fraction of sp³-hybridized carbons (Fsp3) is 0.500. The van der Waals surface area contributed by atoms with Gasteiger partial charge in [0.05, 0.1) is 5.37 Å². The fourth-order valence-corrected chi connectivity index (χ4v) is 2.80. The minimum Gasteiger partial charge on any atom is -0.317 e. The molecule has 0 spiro atoms. The highest BCUT2D eigenvalue weighted by Crippen LogP contribution is 2.40. The molecule has 1 nitrogen and oxygen atoms in total. The van der Waals surface area contributed by atoms with Crippen LogP contribution in [-0.2, 0) is 0 Å². The molecule has 1 heterocycles. The lowest BCUT2D eigenvalue weighted by Gasteiger charge is -2.14. The van der Waals surface area contributed by atoms with E-state index in [9.17, 15) is 4.39 Å². The number of rotatable bonds is 0. The number of hydrogen-bond donors (Lipinski definition) is 1. The third kappa shape index (κ3) is 1.12. The lowest BCUT2D eigenvalue weighted by Crippen LogP contribution is -2.27. The summed E-state index contributed by atoms with van der Waals surface area (Å²) in [6.45, 7) is 0. The van der Waals surface area contributed by atoms with Crippen LogP contribution in [0.25, 0.3) is 0 Å². The molecule has 0 radical (unpaired) electrons. The largest absolute Gasteiger partial charge is 0.317 e. The first-order valence-corrected chi connectivity index (χ1v) is 4.63. The number of fused-ring (bicyclic) bond motifs is 1. The Morgan fingerprint density at radius 3 is 2.73 bits per heavy atom. The van der Waals surface area contributed by atoms with Crippen molar-refractivity contribution in [2.75, 3.05) is 0 Å². The summed E-state index contributed by atoms with van der Waals surface area (Å²) < 4.78 is 13.2. The number of thioether (sulfide) groups is 1. The van der Waals surface area contributed by atoms with Crippen LogP contribution in [0, 0.1) is 5.92 Å². The van der Waals surface area contributed by atoms with E-state index >= 15 is 0 Å². The average Bonchev–Trinajstić information content (AvgIpc) is 2.30. The molecule has 1 fully saturated rings. The third-order valence-corrected chi connectivity index (χ3v) is 3.48. The number of nitrogens with two attached hydrogens (primary N) is 1. The Hall–Kier alpha value is -0.280. The molecule has 60 valence electrons. The van der Waals surface area contributed by atoms with Crippen molar-refractivity contribution in [2.45, 2.75) is 16.8 Å². The quantitative estimate of drug-likeness (QED) is 0.597. The molecule has 3 heteroatoms. The molecule has 4 atom stereocenters. The van der Waals surface area contributed by atoms with Crippen molar-refractivity contribution < 1.29 is 4.39 Å². The maximum absolute atomic E-state index is 13.2. The van der Waals surface area contributed by atoms with Gasteiger partial charge in [0.15, 0.2) is 0 Å². The summed E-state index contributed by atoms with van der Waals surface area (Å²) in [6, 6.07) is 0. The first-order valence-electron chi connectivity index (χ1n) is 3.69. The predicted octanol–water partition coefficient (Wildman–Crippen LogP) is 1.47. The van der Waals surface area contributed by atoms with Crippen LogP contribution in [0.4, 0.5) is 4.39 Å². The minimum atomic E-state index is -0.869. The Labute approximate surface area is 69.5 Å². The van der Waals surface area contributed by atoms with E-state index < -0.39 is 6.17 Å². The summed E-state index contributed by atoms with van der Waals surface area (Å²) in [5.41, 5.74) is 5.56. The highest BCUT2D eigenvalue weighted by Gasteiger charge is 2.40. The Morgan fingerprint density at radius 1 is 1.27 bits per heavy atom. The van der Waals surface area contributed by atoms with E-state index in [1.165, 1.54) is 11.8 Å². The second kappa shape index (κ2) is 2.64. The maximum atomic E-state index is 13.2. The van der Waals surface area contributed by atoms with Gasteiger partial charge in [-0.05, 0) is 0 Å². The third-order valence-electron chi connectivity index (χ3n) is 2.12. The van der Waals surface area contributed by atoms with Crippen LogP contribution in [0.3, 0.4) is 0 Å². The minimum absolute atomic E-state index is 0.0139. The zero-order chi connectivity index (χ0) is 7.84. The Balaban J connectivity index is 2.20. The normalized spacial score (nSPS) is 47.8. The summed E-state index contributed by atoms with van der Waals surface area (Å²) in [7, 11) is 0. The van der Waals surface area contributed by atoms with Crippen LogP contribution in [0.1, 0.15) is 0 Å². The van der Waals surface area contributed by atoms with Crippen molar-refractivity contribution >= 4 is 11.8 Å². The number of allylic oxidation sites excluding steroid dienone is 3. The second-order valence-electron chi connectivity index (χ2n) is 2.86. The van der Waals surface area contributed by atoms with Gasteiger partial charge in [0.1, 0.15) is 6.17 Å². The molecule has 2 N–H and O–H groups in total. The van der Waals surface area contributed by atoms with Crippen molar-refractivity contribution in [2.24, 2.45) is 11.7 Å². The highest BCUT2D eigenvalue weighted by atomic mass is 32.2. The van der Waals surface area contributed by atoms with Crippen molar-refractivity contribution in [3.63, 3.8) is 0 Å². The topological polar surface area (TPSA) is 26.0 Å². The lowest BCUT2D eigenvalue weighted by molar-refractivity contribution is 0.277. The standard InChI is InChI=1S/C8H10FNS/c9-7-5-3-1-2-4-6(5)11-8(7)10/h1-8H,10H2. The molecule has 0 aromatic rings. The van der Waals surface area contributed by atoms with E-state index in [1.807, 2.05) is 24.3 Å². The van der Waals surface area contributed by atoms with Crippen LogP contribution >= 0.6 is 11.8 Å². The Morgan fingerprint density at radius 2 is 2.00 bits per heavy atom. The van der Waals surface area contributed by atoms with Crippen LogP contribution in [0.5, 0.6) is 0 Å². The van der Waals surface area contributed by atoms with Gasteiger partial charge in [0.25, 0.3) is 0 Å². The van der Waals surface area contributed by atoms with E-state index in [0.717, 1.165) is 0 Å². The molecule has 1 saturated heterocycles. The molecule has 11 heavy (non-hydrogen) atoms. The predicted molar refractivity (Wildman–Crippen MR) is 46.0 cm³/mol. The number of hydrogen-bond acceptors (Lipinski definition) is 2. The van der Waals surface area contributed by atoms with Gasteiger partial charge in [-0.15, -0.1) is 11.8 Å². The van der Waals surface area contributed by atoms with Crippen molar-refractivity contribution in [3.05, 3.63) is 24.3 Å². The van der Waals surface area contributed by atoms with Crippen LogP contribution in [-0.4, -0.2) is 16.8 Å². The molecule has 0 aromatic carbocycles. The van der Waals surface area contributed by atoms with E-state index in [-0.39, 0.29) is 16.5 Å². The average molecular weight is 171 g/mol. The van der Waals surface area contributed by atoms with E-state index in [4.69, 9.17) is 5.73 Å². The monoisotopic (exact) mass is 171 g/mol. The summed E-state index contributed by atoms with van der Waals surface area (Å²) in [6.07, 6.45) is 6.92. The lowest BCUT2D eigenvalue weighted by atomic mass is 9.96. The molecule has 0 bridgehead atoms. The molecule has 0 amide bonds. The molecule has 2 rings (SSSR count). The SMILES string of the molecule is NC1SC2C=CC=CC2C1F. The molecule has 0 aromatic heterocycles. The van der Waals surface area contributed by atoms with Gasteiger partial charge < -0.3 is 5.73 Å². The molecular weight excluding hydrogens is 161 g/mol. The van der Waals surface area contributed by atoms with Gasteiger partial charge in [-0.25, -0.2) is 4.39 Å². The Bertz CT molecular complexity index is 214. The van der Waals surface area contributed by atoms with Crippen molar-refractivity contribution in [1.29, 1.82) is 0 Å². The smallest absolute Gasteiger partial charge is 0.132 e. The molecular formula is C8H10FNS. The number of halogens is 1. The zero-order valence-electron chi connectivity index (χ0n) is 5.98. The zero-order valence-corrected chi connectivity index (χ0v) is 6.80. The van der Waals surface area contributed by atoms with Crippen LogP contribution in [0.15, 0.2) is 24.3 Å². The maximum Gasteiger partial charge on any atom is 0.132 e. The summed E-state index contributed by atoms with van der Waals surface area (Å²) in [5.74, 6) is 0.0139. The van der Waals surface area contributed by atoms with Crippen LogP contribution in [0.2, 0.25) is 0 Å². The van der Waals surface area contributed by atoms with Gasteiger partial charge >= 0.3 is 0 Å². The summed E-state index contributed by atoms with van der Waals surface area (Å²) in [5, 5.41) is -0.0672. The molecule has 2 aliphatic rings. The molecule has 1 aliphatic heterocycles. The number of alkyl halides is 1. The van der Waals surface area contributed by atoms with E-state index in [1.54, 1.807) is 0 Å². The first-order chi connectivity index (χ1) is 5.29. The van der Waals surface area contributed by atoms with Gasteiger partial charge in [0.2, 0.25) is 0 Å². The van der Waals surface area contributed by atoms with E-state index in [2.05, 4.69) is 0 Å². The summed E-state index contributed by atoms with van der Waals surface area (Å²) in [4.78, 5) is 0. The van der Waals surface area contributed by atoms with Gasteiger partial charge in [-0.3, -0.25) is 0 Å². The fourth-order valence-electron chi connectivity index (χ4n) is 1.50. The highest BCUT2D eigenvalue weighted by molar-refractivity contribution is 8.01. The first kappa shape index (κ1) is 7.37. The van der Waals surface area contributed by atoms with Gasteiger partial charge in [0, 0.05) is 11.2 Å².